The summed E-state index contributed by atoms with van der Waals surface area (Å²) in [6, 6.07) is -0.00379. The lowest BCUT2D eigenvalue weighted by molar-refractivity contribution is -0.126. The molecule has 2 amide bonds. The number of amides is 2. The number of carbonyl (C=O) groups is 2. The van der Waals surface area contributed by atoms with Gasteiger partial charge in [0.15, 0.2) is 5.15 Å². The van der Waals surface area contributed by atoms with Crippen molar-refractivity contribution in [3.8, 4) is 0 Å². The second-order valence-corrected chi connectivity index (χ2v) is 8.39. The molecule has 2 heterocycles. The van der Waals surface area contributed by atoms with Gasteiger partial charge in [0.25, 0.3) is 0 Å². The van der Waals surface area contributed by atoms with Gasteiger partial charge in [-0.15, -0.1) is 0 Å². The molecule has 26 heavy (non-hydrogen) atoms. The summed E-state index contributed by atoms with van der Waals surface area (Å²) in [6.45, 7) is 10.2. The molecule has 1 aromatic heterocycles. The fraction of sp³-hybridized carbons (Fsp3) is 0.667. The maximum atomic E-state index is 12.7. The number of nitrogens with one attached hydrogen (secondary N) is 1. The molecule has 0 atom stereocenters. The van der Waals surface area contributed by atoms with Gasteiger partial charge in [0, 0.05) is 31.5 Å². The first-order valence-corrected chi connectivity index (χ1v) is 9.14. The Morgan fingerprint density at radius 3 is 2.27 bits per heavy atom. The summed E-state index contributed by atoms with van der Waals surface area (Å²) in [4.78, 5) is 34.7. The van der Waals surface area contributed by atoms with E-state index >= 15 is 0 Å². The molecule has 1 aromatic rings. The molecule has 1 fully saturated rings. The van der Waals surface area contributed by atoms with Gasteiger partial charge in [-0.25, -0.2) is 9.78 Å². The number of carbonyl (C=O) groups excluding carboxylic acids is 2. The number of ether oxygens (including phenoxy) is 1. The van der Waals surface area contributed by atoms with Crippen molar-refractivity contribution in [1.29, 1.82) is 0 Å². The smallest absolute Gasteiger partial charge is 0.410 e. The Morgan fingerprint density at radius 2 is 1.73 bits per heavy atom. The summed E-state index contributed by atoms with van der Waals surface area (Å²) in [5.74, 6) is -0.157. The van der Waals surface area contributed by atoms with Crippen LogP contribution < -0.4 is 5.32 Å². The average Bonchev–Trinajstić information content (AvgIpc) is 2.54. The molecular formula is C18H27ClN4O3. The van der Waals surface area contributed by atoms with Crippen LogP contribution in [0.1, 0.15) is 53.2 Å². The monoisotopic (exact) mass is 382 g/mol. The first-order valence-electron chi connectivity index (χ1n) is 8.76. The van der Waals surface area contributed by atoms with Crippen LogP contribution in [0.4, 0.5) is 4.79 Å². The van der Waals surface area contributed by atoms with Crippen LogP contribution in [0.25, 0.3) is 0 Å². The van der Waals surface area contributed by atoms with Crippen molar-refractivity contribution in [3.63, 3.8) is 0 Å². The largest absolute Gasteiger partial charge is 0.444 e. The highest BCUT2D eigenvalue weighted by Crippen LogP contribution is 2.27. The van der Waals surface area contributed by atoms with Crippen molar-refractivity contribution in [2.24, 2.45) is 0 Å². The van der Waals surface area contributed by atoms with E-state index in [-0.39, 0.29) is 23.2 Å². The topological polar surface area (TPSA) is 84.4 Å². The van der Waals surface area contributed by atoms with Crippen molar-refractivity contribution in [2.45, 2.75) is 64.5 Å². The van der Waals surface area contributed by atoms with Crippen molar-refractivity contribution >= 4 is 23.6 Å². The first kappa shape index (κ1) is 20.4. The number of hydrogen-bond acceptors (Lipinski definition) is 5. The lowest BCUT2D eigenvalue weighted by Crippen LogP contribution is -2.51. The molecule has 1 saturated heterocycles. The van der Waals surface area contributed by atoms with Gasteiger partial charge < -0.3 is 15.0 Å². The zero-order valence-corrected chi connectivity index (χ0v) is 16.8. The van der Waals surface area contributed by atoms with E-state index in [2.05, 4.69) is 15.3 Å². The summed E-state index contributed by atoms with van der Waals surface area (Å²) < 4.78 is 5.39. The normalized spacial score (nSPS) is 16.3. The van der Waals surface area contributed by atoms with Crippen molar-refractivity contribution in [1.82, 2.24) is 20.2 Å². The minimum Gasteiger partial charge on any atom is -0.444 e. The maximum absolute atomic E-state index is 12.7. The number of likely N-dealkylation sites (tertiary alicyclic amines) is 1. The van der Waals surface area contributed by atoms with Crippen molar-refractivity contribution in [3.05, 3.63) is 23.2 Å². The van der Waals surface area contributed by atoms with Crippen molar-refractivity contribution < 1.29 is 14.3 Å². The summed E-state index contributed by atoms with van der Waals surface area (Å²) in [5.41, 5.74) is -0.958. The summed E-state index contributed by atoms with van der Waals surface area (Å²) >= 11 is 6.09. The number of hydrogen-bond donors (Lipinski definition) is 1. The fourth-order valence-electron chi connectivity index (χ4n) is 2.75. The van der Waals surface area contributed by atoms with Gasteiger partial charge >= 0.3 is 6.09 Å². The van der Waals surface area contributed by atoms with Crippen LogP contribution in [-0.2, 0) is 14.9 Å². The Labute approximate surface area is 159 Å². The van der Waals surface area contributed by atoms with Crippen LogP contribution in [-0.4, -0.2) is 51.6 Å². The maximum Gasteiger partial charge on any atom is 0.410 e. The van der Waals surface area contributed by atoms with Crippen LogP contribution in [0, 0.1) is 0 Å². The lowest BCUT2D eigenvalue weighted by atomic mass is 9.87. The molecule has 8 heteroatoms. The predicted octanol–water partition coefficient (Wildman–Crippen LogP) is 2.92. The Balaban J connectivity index is 1.92. The molecule has 0 radical (unpaired) electrons. The first-order chi connectivity index (χ1) is 12.0. The molecule has 0 bridgehead atoms. The number of halogens is 1. The van der Waals surface area contributed by atoms with Gasteiger partial charge in [-0.05, 0) is 47.5 Å². The van der Waals surface area contributed by atoms with Gasteiger partial charge in [-0.1, -0.05) is 11.6 Å². The number of nitrogens with zero attached hydrogens (tertiary/aromatic N) is 3. The van der Waals surface area contributed by atoms with E-state index in [0.717, 1.165) is 0 Å². The molecule has 0 spiro atoms. The molecule has 144 valence electrons. The van der Waals surface area contributed by atoms with Gasteiger partial charge in [0.05, 0.1) is 11.1 Å². The summed E-state index contributed by atoms with van der Waals surface area (Å²) in [7, 11) is 0. The van der Waals surface area contributed by atoms with E-state index < -0.39 is 11.0 Å². The Kier molecular flexibility index (Phi) is 6.11. The Morgan fingerprint density at radius 1 is 1.15 bits per heavy atom. The zero-order valence-electron chi connectivity index (χ0n) is 16.0. The van der Waals surface area contributed by atoms with Crippen LogP contribution >= 0.6 is 11.6 Å². The molecule has 1 aliphatic rings. The lowest BCUT2D eigenvalue weighted by Gasteiger charge is -2.35. The van der Waals surface area contributed by atoms with Gasteiger partial charge in [-0.3, -0.25) is 9.78 Å². The number of rotatable bonds is 3. The van der Waals surface area contributed by atoms with Gasteiger partial charge in [-0.2, -0.15) is 0 Å². The second-order valence-electron chi connectivity index (χ2n) is 8.04. The summed E-state index contributed by atoms with van der Waals surface area (Å²) in [5, 5.41) is 3.28. The third-order valence-corrected chi connectivity index (χ3v) is 4.57. The predicted molar refractivity (Wildman–Crippen MR) is 99.0 cm³/mol. The van der Waals surface area contributed by atoms with Crippen LogP contribution in [0.5, 0.6) is 0 Å². The highest BCUT2D eigenvalue weighted by atomic mass is 35.5. The number of piperidine rings is 1. The molecule has 0 aliphatic carbocycles. The third-order valence-electron chi connectivity index (χ3n) is 4.30. The van der Waals surface area contributed by atoms with E-state index in [1.54, 1.807) is 18.7 Å². The zero-order chi connectivity index (χ0) is 19.5. The number of aromatic nitrogens is 2. The van der Waals surface area contributed by atoms with Crippen molar-refractivity contribution in [2.75, 3.05) is 13.1 Å². The van der Waals surface area contributed by atoms with Crippen LogP contribution in [0.15, 0.2) is 12.4 Å². The average molecular weight is 383 g/mol. The summed E-state index contributed by atoms with van der Waals surface area (Å²) in [6.07, 6.45) is 4.06. The van der Waals surface area contributed by atoms with E-state index in [0.29, 0.717) is 31.6 Å². The van der Waals surface area contributed by atoms with Gasteiger partial charge in [0.2, 0.25) is 5.91 Å². The standard InChI is InChI=1S/C18H27ClN4O3/c1-17(2,3)26-16(25)23-10-6-12(7-11-23)22-15(24)18(4,5)13-14(19)21-9-8-20-13/h8-9,12H,6-7,10-11H2,1-5H3,(H,22,24). The van der Waals surface area contributed by atoms with E-state index in [1.807, 2.05) is 20.8 Å². The minimum absolute atomic E-state index is 0.00379. The highest BCUT2D eigenvalue weighted by molar-refractivity contribution is 6.30. The third kappa shape index (κ3) is 5.06. The molecule has 1 aliphatic heterocycles. The molecule has 0 unspecified atom stereocenters. The molecular weight excluding hydrogens is 356 g/mol. The fourth-order valence-corrected chi connectivity index (χ4v) is 3.09. The molecule has 0 saturated carbocycles. The minimum atomic E-state index is -0.895. The van der Waals surface area contributed by atoms with E-state index in [9.17, 15) is 9.59 Å². The second kappa shape index (κ2) is 7.78. The van der Waals surface area contributed by atoms with Crippen LogP contribution in [0.2, 0.25) is 5.15 Å². The Bertz CT molecular complexity index is 665. The quantitative estimate of drug-likeness (QED) is 0.868. The van der Waals surface area contributed by atoms with Gasteiger partial charge in [0.1, 0.15) is 5.60 Å². The molecule has 2 rings (SSSR count). The molecule has 0 aromatic carbocycles. The van der Waals surface area contributed by atoms with Crippen LogP contribution in [0.3, 0.4) is 0 Å². The SMILES string of the molecule is CC(C)(C)OC(=O)N1CCC(NC(=O)C(C)(C)c2nccnc2Cl)CC1. The Hall–Kier alpha value is -1.89. The molecule has 7 nitrogen and oxygen atoms in total. The molecule has 1 N–H and O–H groups in total. The van der Waals surface area contributed by atoms with E-state index in [1.165, 1.54) is 12.4 Å². The highest BCUT2D eigenvalue weighted by Gasteiger charge is 2.36. The van der Waals surface area contributed by atoms with E-state index in [4.69, 9.17) is 16.3 Å².